The highest BCUT2D eigenvalue weighted by Gasteiger charge is 2.13. The fraction of sp³-hybridized carbons (Fsp3) is 0.133. The topological polar surface area (TPSA) is 17.1 Å². The van der Waals surface area contributed by atoms with Crippen LogP contribution in [0.5, 0.6) is 0 Å². The van der Waals surface area contributed by atoms with Crippen LogP contribution in [-0.4, -0.2) is 5.78 Å². The second-order valence-electron chi connectivity index (χ2n) is 4.29. The number of hydrogen-bond donors (Lipinski definition) is 0. The van der Waals surface area contributed by atoms with Crippen molar-refractivity contribution >= 4 is 5.78 Å². The van der Waals surface area contributed by atoms with Gasteiger partial charge in [-0.05, 0) is 54.4 Å². The largest absolute Gasteiger partial charge is 0.294 e. The Morgan fingerprint density at radius 2 is 1.63 bits per heavy atom. The minimum atomic E-state index is -0.630. The van der Waals surface area contributed by atoms with Crippen molar-refractivity contribution in [1.82, 2.24) is 0 Å². The Morgan fingerprint density at radius 1 is 1.00 bits per heavy atom. The van der Waals surface area contributed by atoms with E-state index in [0.29, 0.717) is 11.1 Å². The van der Waals surface area contributed by atoms with Crippen molar-refractivity contribution < 1.29 is 18.0 Å². The molecule has 2 aromatic carbocycles. The molecule has 4 heteroatoms. The van der Waals surface area contributed by atoms with E-state index in [1.165, 1.54) is 18.2 Å². The Hall–Kier alpha value is -2.10. The number of ketones is 1. The first-order chi connectivity index (χ1) is 8.97. The fourth-order valence-electron chi connectivity index (χ4n) is 1.89. The highest BCUT2D eigenvalue weighted by Crippen LogP contribution is 2.16. The van der Waals surface area contributed by atoms with Gasteiger partial charge in [-0.3, -0.25) is 4.79 Å². The molecule has 0 atom stereocenters. The van der Waals surface area contributed by atoms with Crippen LogP contribution in [0.25, 0.3) is 0 Å². The average molecular weight is 264 g/mol. The van der Waals surface area contributed by atoms with Gasteiger partial charge in [-0.2, -0.15) is 0 Å². The molecule has 2 aromatic rings. The molecule has 0 bridgehead atoms. The molecule has 0 fully saturated rings. The molecule has 0 aliphatic rings. The zero-order valence-electron chi connectivity index (χ0n) is 10.2. The lowest BCUT2D eigenvalue weighted by Crippen LogP contribution is -2.07. The van der Waals surface area contributed by atoms with Gasteiger partial charge in [0.15, 0.2) is 5.78 Å². The van der Waals surface area contributed by atoms with E-state index >= 15 is 0 Å². The number of halogens is 3. The predicted octanol–water partition coefficient (Wildman–Crippen LogP) is 3.84. The van der Waals surface area contributed by atoms with Gasteiger partial charge in [0, 0.05) is 12.0 Å². The van der Waals surface area contributed by atoms with Crippen molar-refractivity contribution in [3.8, 4) is 0 Å². The first-order valence-electron chi connectivity index (χ1n) is 5.70. The van der Waals surface area contributed by atoms with Crippen LogP contribution in [0.3, 0.4) is 0 Å². The summed E-state index contributed by atoms with van der Waals surface area (Å²) in [6.07, 6.45) is -0.254. The number of benzene rings is 2. The summed E-state index contributed by atoms with van der Waals surface area (Å²) in [5.74, 6) is -2.04. The van der Waals surface area contributed by atoms with Crippen molar-refractivity contribution in [3.63, 3.8) is 0 Å². The van der Waals surface area contributed by atoms with E-state index in [4.69, 9.17) is 0 Å². The number of hydrogen-bond acceptors (Lipinski definition) is 1. The molecular weight excluding hydrogens is 253 g/mol. The Morgan fingerprint density at radius 3 is 2.32 bits per heavy atom. The zero-order chi connectivity index (χ0) is 14.0. The van der Waals surface area contributed by atoms with Crippen LogP contribution in [-0.2, 0) is 6.42 Å². The van der Waals surface area contributed by atoms with Crippen LogP contribution in [0.2, 0.25) is 0 Å². The van der Waals surface area contributed by atoms with Gasteiger partial charge in [-0.15, -0.1) is 0 Å². The first kappa shape index (κ1) is 13.3. The van der Waals surface area contributed by atoms with Crippen LogP contribution in [0.1, 0.15) is 21.5 Å². The Balaban J connectivity index is 2.28. The summed E-state index contributed by atoms with van der Waals surface area (Å²) in [7, 11) is 0. The third-order valence-corrected chi connectivity index (χ3v) is 2.85. The predicted molar refractivity (Wildman–Crippen MR) is 65.5 cm³/mol. The van der Waals surface area contributed by atoms with E-state index in [0.717, 1.165) is 18.2 Å². The lowest BCUT2D eigenvalue weighted by atomic mass is 9.99. The normalized spacial score (nSPS) is 10.5. The molecule has 0 spiro atoms. The summed E-state index contributed by atoms with van der Waals surface area (Å²) in [5, 5.41) is 0. The SMILES string of the molecule is Cc1cc(F)ccc1C(=O)Cc1cc(F)ccc1F. The first-order valence-corrected chi connectivity index (χ1v) is 5.70. The van der Waals surface area contributed by atoms with Gasteiger partial charge >= 0.3 is 0 Å². The minimum Gasteiger partial charge on any atom is -0.294 e. The van der Waals surface area contributed by atoms with E-state index in [9.17, 15) is 18.0 Å². The third-order valence-electron chi connectivity index (χ3n) is 2.85. The summed E-state index contributed by atoms with van der Waals surface area (Å²) in [6, 6.07) is 6.72. The molecule has 0 heterocycles. The second-order valence-corrected chi connectivity index (χ2v) is 4.29. The van der Waals surface area contributed by atoms with Crippen molar-refractivity contribution in [1.29, 1.82) is 0 Å². The van der Waals surface area contributed by atoms with Crippen LogP contribution in [0.15, 0.2) is 36.4 Å². The molecule has 0 aliphatic carbocycles. The van der Waals surface area contributed by atoms with E-state index < -0.39 is 17.5 Å². The van der Waals surface area contributed by atoms with Crippen LogP contribution >= 0.6 is 0 Å². The number of Topliss-reactive ketones (excluding diaryl/α,β-unsaturated/α-hetero) is 1. The molecular formula is C15H11F3O. The molecule has 0 radical (unpaired) electrons. The average Bonchev–Trinajstić information content (AvgIpc) is 2.33. The van der Waals surface area contributed by atoms with Crippen LogP contribution in [0.4, 0.5) is 13.2 Å². The third kappa shape index (κ3) is 3.02. The van der Waals surface area contributed by atoms with Crippen LogP contribution in [0, 0.1) is 24.4 Å². The standard InChI is InChI=1S/C15H11F3O/c1-9-6-11(16)2-4-13(9)15(19)8-10-7-12(17)3-5-14(10)18/h2-7H,8H2,1H3. The molecule has 0 aliphatic heterocycles. The maximum atomic E-state index is 13.4. The Kier molecular flexibility index (Phi) is 3.69. The monoisotopic (exact) mass is 264 g/mol. The van der Waals surface area contributed by atoms with Crippen molar-refractivity contribution in [3.05, 3.63) is 70.5 Å². The van der Waals surface area contributed by atoms with Gasteiger partial charge in [-0.1, -0.05) is 0 Å². The summed E-state index contributed by atoms with van der Waals surface area (Å²) >= 11 is 0. The summed E-state index contributed by atoms with van der Waals surface area (Å²) in [5.41, 5.74) is 0.778. The molecule has 0 amide bonds. The molecule has 0 saturated carbocycles. The summed E-state index contributed by atoms with van der Waals surface area (Å²) in [6.45, 7) is 1.60. The number of aryl methyl sites for hydroxylation is 1. The Bertz CT molecular complexity index is 635. The maximum absolute atomic E-state index is 13.4. The lowest BCUT2D eigenvalue weighted by molar-refractivity contribution is 0.0991. The molecule has 2 rings (SSSR count). The lowest BCUT2D eigenvalue weighted by Gasteiger charge is -2.06. The summed E-state index contributed by atoms with van der Waals surface area (Å²) < 4.78 is 39.4. The zero-order valence-corrected chi connectivity index (χ0v) is 10.2. The second kappa shape index (κ2) is 5.26. The number of carbonyl (C=O) groups excluding carboxylic acids is 1. The van der Waals surface area contributed by atoms with Crippen molar-refractivity contribution in [2.75, 3.05) is 0 Å². The van der Waals surface area contributed by atoms with E-state index in [-0.39, 0.29) is 17.8 Å². The maximum Gasteiger partial charge on any atom is 0.167 e. The van der Waals surface area contributed by atoms with E-state index in [1.807, 2.05) is 0 Å². The van der Waals surface area contributed by atoms with Crippen LogP contribution < -0.4 is 0 Å². The summed E-state index contributed by atoms with van der Waals surface area (Å²) in [4.78, 5) is 12.0. The van der Waals surface area contributed by atoms with E-state index in [2.05, 4.69) is 0 Å². The van der Waals surface area contributed by atoms with Crippen molar-refractivity contribution in [2.45, 2.75) is 13.3 Å². The minimum absolute atomic E-state index is 0.00581. The van der Waals surface area contributed by atoms with Gasteiger partial charge in [0.05, 0.1) is 0 Å². The smallest absolute Gasteiger partial charge is 0.167 e. The highest BCUT2D eigenvalue weighted by atomic mass is 19.1. The molecule has 0 unspecified atom stereocenters. The highest BCUT2D eigenvalue weighted by molar-refractivity contribution is 5.98. The van der Waals surface area contributed by atoms with Gasteiger partial charge in [0.1, 0.15) is 17.5 Å². The van der Waals surface area contributed by atoms with E-state index in [1.54, 1.807) is 6.92 Å². The molecule has 0 N–H and O–H groups in total. The van der Waals surface area contributed by atoms with Gasteiger partial charge in [0.2, 0.25) is 0 Å². The van der Waals surface area contributed by atoms with Gasteiger partial charge in [-0.25, -0.2) is 13.2 Å². The van der Waals surface area contributed by atoms with Gasteiger partial charge < -0.3 is 0 Å². The number of rotatable bonds is 3. The van der Waals surface area contributed by atoms with Crippen molar-refractivity contribution in [2.24, 2.45) is 0 Å². The molecule has 1 nitrogen and oxygen atoms in total. The Labute approximate surface area is 108 Å². The fourth-order valence-corrected chi connectivity index (χ4v) is 1.89. The molecule has 19 heavy (non-hydrogen) atoms. The number of carbonyl (C=O) groups is 1. The molecule has 0 saturated heterocycles. The quantitative estimate of drug-likeness (QED) is 0.770. The molecule has 0 aromatic heterocycles. The van der Waals surface area contributed by atoms with Gasteiger partial charge in [0.25, 0.3) is 0 Å². The molecule has 98 valence electrons.